The molecular weight excluding hydrogens is 352 g/mol. The molecule has 3 rings (SSSR count). The van der Waals surface area contributed by atoms with Crippen molar-refractivity contribution in [3.63, 3.8) is 0 Å². The molecule has 0 aliphatic carbocycles. The number of carbonyl (C=O) groups excluding carboxylic acids is 1. The second kappa shape index (κ2) is 8.69. The van der Waals surface area contributed by atoms with Gasteiger partial charge in [-0.2, -0.15) is 5.10 Å². The third-order valence-electron chi connectivity index (χ3n) is 4.71. The number of nitrogens with one attached hydrogen (secondary N) is 1. The van der Waals surface area contributed by atoms with Crippen LogP contribution in [0.4, 0.5) is 0 Å². The van der Waals surface area contributed by atoms with Gasteiger partial charge in [-0.15, -0.1) is 0 Å². The number of hydrogen-bond donors (Lipinski definition) is 1. The van der Waals surface area contributed by atoms with Gasteiger partial charge < -0.3 is 9.88 Å². The van der Waals surface area contributed by atoms with Crippen molar-refractivity contribution in [2.24, 2.45) is 5.92 Å². The van der Waals surface area contributed by atoms with Crippen LogP contribution in [-0.4, -0.2) is 20.3 Å². The minimum atomic E-state index is -0.336. The second-order valence-corrected chi connectivity index (χ2v) is 7.35. The molecule has 0 aliphatic rings. The molecule has 6 nitrogen and oxygen atoms in total. The Hall–Kier alpha value is -3.15. The molecule has 28 heavy (non-hydrogen) atoms. The topological polar surface area (TPSA) is 68.9 Å². The van der Waals surface area contributed by atoms with Crippen LogP contribution in [0.25, 0.3) is 5.69 Å². The van der Waals surface area contributed by atoms with Crippen molar-refractivity contribution in [2.75, 3.05) is 0 Å². The van der Waals surface area contributed by atoms with Crippen molar-refractivity contribution in [1.82, 2.24) is 19.7 Å². The van der Waals surface area contributed by atoms with Crippen molar-refractivity contribution in [3.8, 4) is 5.69 Å². The first-order chi connectivity index (χ1) is 13.5. The molecule has 6 heteroatoms. The molecule has 0 atom stereocenters. The molecule has 1 aromatic carbocycles. The summed E-state index contributed by atoms with van der Waals surface area (Å²) in [6.07, 6.45) is 6.26. The van der Waals surface area contributed by atoms with Gasteiger partial charge in [0.15, 0.2) is 0 Å². The van der Waals surface area contributed by atoms with E-state index in [4.69, 9.17) is 0 Å². The highest BCUT2D eigenvalue weighted by atomic mass is 16.2. The normalized spacial score (nSPS) is 11.0. The fourth-order valence-corrected chi connectivity index (χ4v) is 2.97. The molecule has 2 heterocycles. The lowest BCUT2D eigenvalue weighted by Crippen LogP contribution is -2.34. The zero-order chi connectivity index (χ0) is 20.1. The Bertz CT molecular complexity index is 986. The zero-order valence-electron chi connectivity index (χ0n) is 16.6. The van der Waals surface area contributed by atoms with E-state index < -0.39 is 0 Å². The molecule has 2 aromatic heterocycles. The van der Waals surface area contributed by atoms with Crippen LogP contribution in [0.5, 0.6) is 0 Å². The maximum atomic E-state index is 12.7. The maximum absolute atomic E-state index is 12.7. The van der Waals surface area contributed by atoms with Crippen LogP contribution in [-0.2, 0) is 13.1 Å². The maximum Gasteiger partial charge on any atom is 0.263 e. The monoisotopic (exact) mass is 378 g/mol. The average molecular weight is 378 g/mol. The van der Waals surface area contributed by atoms with Crippen molar-refractivity contribution < 1.29 is 4.79 Å². The number of carbonyl (C=O) groups is 1. The van der Waals surface area contributed by atoms with E-state index in [9.17, 15) is 9.59 Å². The van der Waals surface area contributed by atoms with Crippen LogP contribution >= 0.6 is 0 Å². The van der Waals surface area contributed by atoms with Gasteiger partial charge in [0, 0.05) is 31.7 Å². The van der Waals surface area contributed by atoms with Gasteiger partial charge >= 0.3 is 0 Å². The largest absolute Gasteiger partial charge is 0.348 e. The number of pyridine rings is 1. The number of rotatable bonds is 7. The molecule has 0 radical (unpaired) electrons. The Morgan fingerprint density at radius 2 is 1.89 bits per heavy atom. The first-order valence-corrected chi connectivity index (χ1v) is 9.53. The summed E-state index contributed by atoms with van der Waals surface area (Å²) < 4.78 is 3.40. The summed E-state index contributed by atoms with van der Waals surface area (Å²) in [5, 5.41) is 7.06. The van der Waals surface area contributed by atoms with E-state index in [2.05, 4.69) is 24.3 Å². The van der Waals surface area contributed by atoms with Crippen molar-refractivity contribution in [2.45, 2.75) is 40.3 Å². The van der Waals surface area contributed by atoms with Gasteiger partial charge in [0.05, 0.1) is 5.69 Å². The smallest absolute Gasteiger partial charge is 0.263 e. The fraction of sp³-hybridized carbons (Fsp3) is 0.318. The molecule has 0 saturated carbocycles. The molecule has 1 amide bonds. The molecule has 3 aromatic rings. The van der Waals surface area contributed by atoms with Crippen LogP contribution in [0.15, 0.2) is 59.8 Å². The van der Waals surface area contributed by atoms with E-state index >= 15 is 0 Å². The predicted octanol–water partition coefficient (Wildman–Crippen LogP) is 3.32. The molecule has 0 unspecified atom stereocenters. The SMILES string of the molecule is Cc1ccn(CCC(C)C)c(=O)c1C(=O)NCc1ccc(-n2cccn2)cc1. The summed E-state index contributed by atoms with van der Waals surface area (Å²) in [6.45, 7) is 7.00. The molecule has 1 N–H and O–H groups in total. The number of hydrogen-bond acceptors (Lipinski definition) is 3. The fourth-order valence-electron chi connectivity index (χ4n) is 2.97. The highest BCUT2D eigenvalue weighted by Gasteiger charge is 2.15. The van der Waals surface area contributed by atoms with E-state index in [-0.39, 0.29) is 17.0 Å². The van der Waals surface area contributed by atoms with Crippen molar-refractivity contribution >= 4 is 5.91 Å². The van der Waals surface area contributed by atoms with Gasteiger partial charge in [-0.05, 0) is 54.7 Å². The summed E-state index contributed by atoms with van der Waals surface area (Å²) in [6, 6.07) is 11.5. The van der Waals surface area contributed by atoms with Crippen LogP contribution in [0.2, 0.25) is 0 Å². The summed E-state index contributed by atoms with van der Waals surface area (Å²) in [5.41, 5.74) is 2.59. The second-order valence-electron chi connectivity index (χ2n) is 7.35. The minimum Gasteiger partial charge on any atom is -0.348 e. The first kappa shape index (κ1) is 19.6. The van der Waals surface area contributed by atoms with E-state index in [1.165, 1.54) is 0 Å². The Morgan fingerprint density at radius 3 is 2.54 bits per heavy atom. The number of nitrogens with zero attached hydrogens (tertiary/aromatic N) is 3. The molecular formula is C22H26N4O2. The van der Waals surface area contributed by atoms with Crippen LogP contribution < -0.4 is 10.9 Å². The average Bonchev–Trinajstić information content (AvgIpc) is 3.21. The molecule has 146 valence electrons. The highest BCUT2D eigenvalue weighted by molar-refractivity contribution is 5.95. The molecule has 0 aliphatic heterocycles. The third kappa shape index (κ3) is 4.57. The Labute approximate surface area is 164 Å². The van der Waals surface area contributed by atoms with Gasteiger partial charge in [0.1, 0.15) is 5.56 Å². The predicted molar refractivity (Wildman–Crippen MR) is 110 cm³/mol. The number of amides is 1. The summed E-state index contributed by atoms with van der Waals surface area (Å²) >= 11 is 0. The lowest BCUT2D eigenvalue weighted by Gasteiger charge is -2.12. The van der Waals surface area contributed by atoms with Crippen LogP contribution in [0.1, 0.15) is 41.8 Å². The van der Waals surface area contributed by atoms with Crippen molar-refractivity contribution in [1.29, 1.82) is 0 Å². The lowest BCUT2D eigenvalue weighted by molar-refractivity contribution is 0.0948. The van der Waals surface area contributed by atoms with E-state index in [0.29, 0.717) is 24.6 Å². The summed E-state index contributed by atoms with van der Waals surface area (Å²) in [7, 11) is 0. The van der Waals surface area contributed by atoms with Gasteiger partial charge in [-0.25, -0.2) is 4.68 Å². The minimum absolute atomic E-state index is 0.222. The Balaban J connectivity index is 1.69. The van der Waals surface area contributed by atoms with Crippen LogP contribution in [0.3, 0.4) is 0 Å². The number of aromatic nitrogens is 3. The van der Waals surface area contributed by atoms with E-state index in [0.717, 1.165) is 17.7 Å². The van der Waals surface area contributed by atoms with Gasteiger partial charge in [0.2, 0.25) is 0 Å². The summed E-state index contributed by atoms with van der Waals surface area (Å²) in [5.74, 6) is 0.160. The molecule has 0 spiro atoms. The lowest BCUT2D eigenvalue weighted by atomic mass is 10.1. The number of benzene rings is 1. The Morgan fingerprint density at radius 1 is 1.14 bits per heavy atom. The molecule has 0 saturated heterocycles. The molecule has 0 bridgehead atoms. The van der Waals surface area contributed by atoms with Crippen molar-refractivity contribution in [3.05, 3.63) is 82.0 Å². The third-order valence-corrected chi connectivity index (χ3v) is 4.71. The van der Waals surface area contributed by atoms with Crippen LogP contribution in [0, 0.1) is 12.8 Å². The van der Waals surface area contributed by atoms with Gasteiger partial charge in [-0.3, -0.25) is 9.59 Å². The van der Waals surface area contributed by atoms with Gasteiger partial charge in [0.25, 0.3) is 11.5 Å². The van der Waals surface area contributed by atoms with E-state index in [1.54, 1.807) is 28.6 Å². The Kier molecular flexibility index (Phi) is 6.09. The molecule has 0 fully saturated rings. The zero-order valence-corrected chi connectivity index (χ0v) is 16.6. The highest BCUT2D eigenvalue weighted by Crippen LogP contribution is 2.09. The number of aryl methyl sites for hydroxylation is 2. The quantitative estimate of drug-likeness (QED) is 0.686. The first-order valence-electron chi connectivity index (χ1n) is 9.53. The van der Waals surface area contributed by atoms with E-state index in [1.807, 2.05) is 42.6 Å². The summed E-state index contributed by atoms with van der Waals surface area (Å²) in [4.78, 5) is 25.4. The van der Waals surface area contributed by atoms with Gasteiger partial charge in [-0.1, -0.05) is 26.0 Å². The standard InChI is InChI=1S/C22H26N4O2/c1-16(2)9-13-25-14-10-17(3)20(22(25)28)21(27)23-15-18-5-7-19(8-6-18)26-12-4-11-24-26/h4-8,10-12,14,16H,9,13,15H2,1-3H3,(H,23,27).